The van der Waals surface area contributed by atoms with Gasteiger partial charge in [0.2, 0.25) is 5.76 Å². The van der Waals surface area contributed by atoms with E-state index in [1.807, 2.05) is 4.90 Å². The van der Waals surface area contributed by atoms with E-state index < -0.39 is 5.97 Å². The minimum atomic E-state index is -1.14. The highest BCUT2D eigenvalue weighted by molar-refractivity contribution is 5.93. The number of carboxylic acid groups (broad SMARTS) is 1. The van der Waals surface area contributed by atoms with Crippen LogP contribution >= 0.6 is 0 Å². The molecule has 1 saturated heterocycles. The van der Waals surface area contributed by atoms with Crippen molar-refractivity contribution in [3.8, 4) is 0 Å². The Labute approximate surface area is 117 Å². The fraction of sp³-hybridized carbons (Fsp3) is 0.600. The van der Waals surface area contributed by atoms with Gasteiger partial charge in [-0.25, -0.2) is 4.79 Å². The molecule has 0 unspecified atom stereocenters. The van der Waals surface area contributed by atoms with E-state index in [1.165, 1.54) is 44.2 Å². The molecule has 2 fully saturated rings. The van der Waals surface area contributed by atoms with Gasteiger partial charge in [0.05, 0.1) is 0 Å². The maximum atomic E-state index is 12.3. The van der Waals surface area contributed by atoms with Crippen molar-refractivity contribution in [2.24, 2.45) is 5.41 Å². The van der Waals surface area contributed by atoms with E-state index in [0.29, 0.717) is 5.41 Å². The highest BCUT2D eigenvalue weighted by Gasteiger charge is 2.41. The first kappa shape index (κ1) is 13.2. The Hall–Kier alpha value is -1.78. The van der Waals surface area contributed by atoms with Crippen LogP contribution in [0.15, 0.2) is 16.5 Å². The Morgan fingerprint density at radius 3 is 2.45 bits per heavy atom. The van der Waals surface area contributed by atoms with Gasteiger partial charge in [0.25, 0.3) is 5.91 Å². The standard InChI is InChI=1S/C15H19NO4/c17-13(11-4-5-12(20-11)14(18)19)16-9-8-15(10-16)6-2-1-3-7-15/h4-5H,1-3,6-10H2,(H,18,19). The molecule has 108 valence electrons. The van der Waals surface area contributed by atoms with Crippen LogP contribution in [0.5, 0.6) is 0 Å². The number of hydrogen-bond acceptors (Lipinski definition) is 3. The summed E-state index contributed by atoms with van der Waals surface area (Å²) in [5.41, 5.74) is 0.302. The van der Waals surface area contributed by atoms with Crippen molar-refractivity contribution in [3.63, 3.8) is 0 Å². The summed E-state index contributed by atoms with van der Waals surface area (Å²) in [4.78, 5) is 24.9. The van der Waals surface area contributed by atoms with Crippen LogP contribution in [0.1, 0.15) is 59.6 Å². The molecule has 0 aromatic carbocycles. The number of likely N-dealkylation sites (tertiary alicyclic amines) is 1. The zero-order valence-corrected chi connectivity index (χ0v) is 11.4. The fourth-order valence-electron chi connectivity index (χ4n) is 3.54. The molecule has 1 aliphatic heterocycles. The number of rotatable bonds is 2. The number of carbonyl (C=O) groups is 2. The van der Waals surface area contributed by atoms with Gasteiger partial charge in [-0.15, -0.1) is 0 Å². The van der Waals surface area contributed by atoms with E-state index >= 15 is 0 Å². The first-order valence-electron chi connectivity index (χ1n) is 7.22. The molecule has 0 atom stereocenters. The average Bonchev–Trinajstić information content (AvgIpc) is 3.07. The molecule has 3 rings (SSSR count). The number of amides is 1. The van der Waals surface area contributed by atoms with Crippen LogP contribution < -0.4 is 0 Å². The lowest BCUT2D eigenvalue weighted by Crippen LogP contribution is -2.33. The highest BCUT2D eigenvalue weighted by Crippen LogP contribution is 2.43. The van der Waals surface area contributed by atoms with Gasteiger partial charge >= 0.3 is 5.97 Å². The van der Waals surface area contributed by atoms with Gasteiger partial charge in [-0.05, 0) is 36.8 Å². The van der Waals surface area contributed by atoms with E-state index in [1.54, 1.807) is 0 Å². The van der Waals surface area contributed by atoms with Crippen molar-refractivity contribution in [1.82, 2.24) is 4.90 Å². The number of carboxylic acids is 1. The molecule has 5 heteroatoms. The SMILES string of the molecule is O=C(O)c1ccc(C(=O)N2CCC3(CCCCC3)C2)o1. The molecule has 0 bridgehead atoms. The lowest BCUT2D eigenvalue weighted by molar-refractivity contribution is 0.0650. The smallest absolute Gasteiger partial charge is 0.371 e. The summed E-state index contributed by atoms with van der Waals surface area (Å²) in [6, 6.07) is 2.79. The van der Waals surface area contributed by atoms with Crippen LogP contribution in [-0.4, -0.2) is 35.0 Å². The molecule has 2 aliphatic rings. The van der Waals surface area contributed by atoms with Gasteiger partial charge in [0.1, 0.15) is 0 Å². The number of furan rings is 1. The van der Waals surface area contributed by atoms with Crippen LogP contribution in [0.2, 0.25) is 0 Å². The second-order valence-corrected chi connectivity index (χ2v) is 6.01. The van der Waals surface area contributed by atoms with Crippen LogP contribution in [0.25, 0.3) is 0 Å². The van der Waals surface area contributed by atoms with Crippen LogP contribution in [0.3, 0.4) is 0 Å². The van der Waals surface area contributed by atoms with E-state index in [9.17, 15) is 9.59 Å². The maximum absolute atomic E-state index is 12.3. The van der Waals surface area contributed by atoms with Gasteiger partial charge in [0.15, 0.2) is 5.76 Å². The van der Waals surface area contributed by atoms with Gasteiger partial charge in [-0.2, -0.15) is 0 Å². The van der Waals surface area contributed by atoms with Crippen molar-refractivity contribution in [1.29, 1.82) is 0 Å². The lowest BCUT2D eigenvalue weighted by atomic mass is 9.73. The summed E-state index contributed by atoms with van der Waals surface area (Å²) >= 11 is 0. The molecule has 1 aromatic rings. The fourth-order valence-corrected chi connectivity index (χ4v) is 3.54. The third-order valence-electron chi connectivity index (χ3n) is 4.67. The van der Waals surface area contributed by atoms with Gasteiger partial charge in [-0.1, -0.05) is 19.3 Å². The Bertz CT molecular complexity index is 528. The number of hydrogen-bond donors (Lipinski definition) is 1. The molecule has 1 saturated carbocycles. The van der Waals surface area contributed by atoms with Crippen molar-refractivity contribution in [3.05, 3.63) is 23.7 Å². The molecule has 2 heterocycles. The van der Waals surface area contributed by atoms with Gasteiger partial charge in [0, 0.05) is 13.1 Å². The van der Waals surface area contributed by atoms with E-state index in [-0.39, 0.29) is 17.4 Å². The van der Waals surface area contributed by atoms with E-state index in [4.69, 9.17) is 9.52 Å². The molecule has 5 nitrogen and oxygen atoms in total. The van der Waals surface area contributed by atoms with Gasteiger partial charge in [-0.3, -0.25) is 4.79 Å². The van der Waals surface area contributed by atoms with Crippen molar-refractivity contribution in [2.45, 2.75) is 38.5 Å². The zero-order chi connectivity index (χ0) is 14.2. The zero-order valence-electron chi connectivity index (χ0n) is 11.4. The summed E-state index contributed by atoms with van der Waals surface area (Å²) in [7, 11) is 0. The number of nitrogens with zero attached hydrogens (tertiary/aromatic N) is 1. The third kappa shape index (κ3) is 2.32. The average molecular weight is 277 g/mol. The highest BCUT2D eigenvalue weighted by atomic mass is 16.4. The predicted molar refractivity (Wildman–Crippen MR) is 71.7 cm³/mol. The Balaban J connectivity index is 1.70. The monoisotopic (exact) mass is 277 g/mol. The van der Waals surface area contributed by atoms with Crippen molar-refractivity contribution >= 4 is 11.9 Å². The minimum absolute atomic E-state index is 0.134. The van der Waals surface area contributed by atoms with Gasteiger partial charge < -0.3 is 14.4 Å². The topological polar surface area (TPSA) is 70.8 Å². The second-order valence-electron chi connectivity index (χ2n) is 6.01. The molecule has 20 heavy (non-hydrogen) atoms. The van der Waals surface area contributed by atoms with E-state index in [0.717, 1.165) is 19.5 Å². The summed E-state index contributed by atoms with van der Waals surface area (Å²) < 4.78 is 5.10. The first-order valence-corrected chi connectivity index (χ1v) is 7.22. The van der Waals surface area contributed by atoms with Crippen LogP contribution in [0.4, 0.5) is 0 Å². The third-order valence-corrected chi connectivity index (χ3v) is 4.67. The Morgan fingerprint density at radius 1 is 1.10 bits per heavy atom. The number of aromatic carboxylic acids is 1. The lowest BCUT2D eigenvalue weighted by Gasteiger charge is -2.33. The summed E-state index contributed by atoms with van der Waals surface area (Å²) in [5, 5.41) is 8.83. The molecule has 1 N–H and O–H groups in total. The Morgan fingerprint density at radius 2 is 1.80 bits per heavy atom. The quantitative estimate of drug-likeness (QED) is 0.902. The summed E-state index contributed by atoms with van der Waals surface area (Å²) in [6.07, 6.45) is 7.28. The van der Waals surface area contributed by atoms with Crippen LogP contribution in [-0.2, 0) is 0 Å². The summed E-state index contributed by atoms with van der Waals surface area (Å²) in [5.74, 6) is -1.37. The minimum Gasteiger partial charge on any atom is -0.475 e. The molecule has 1 aromatic heterocycles. The molecule has 1 amide bonds. The Kier molecular flexibility index (Phi) is 3.28. The second kappa shape index (κ2) is 4.96. The molecule has 1 spiro atoms. The first-order chi connectivity index (χ1) is 9.60. The van der Waals surface area contributed by atoms with Crippen molar-refractivity contribution in [2.75, 3.05) is 13.1 Å². The maximum Gasteiger partial charge on any atom is 0.371 e. The molecule has 1 aliphatic carbocycles. The van der Waals surface area contributed by atoms with Crippen LogP contribution in [0, 0.1) is 5.41 Å². The molecule has 0 radical (unpaired) electrons. The van der Waals surface area contributed by atoms with E-state index in [2.05, 4.69) is 0 Å². The normalized spacial score (nSPS) is 21.3. The summed E-state index contributed by atoms with van der Waals surface area (Å²) in [6.45, 7) is 1.54. The number of carbonyl (C=O) groups excluding carboxylic acids is 1. The van der Waals surface area contributed by atoms with Crippen molar-refractivity contribution < 1.29 is 19.1 Å². The molecular weight excluding hydrogens is 258 g/mol. The predicted octanol–water partition coefficient (Wildman–Crippen LogP) is 2.77. The largest absolute Gasteiger partial charge is 0.475 e. The molecular formula is C15H19NO4.